The van der Waals surface area contributed by atoms with Crippen molar-refractivity contribution in [2.24, 2.45) is 0 Å². The normalized spacial score (nSPS) is 15.4. The summed E-state index contributed by atoms with van der Waals surface area (Å²) in [5.41, 5.74) is 0. The summed E-state index contributed by atoms with van der Waals surface area (Å²) in [6, 6.07) is 7.83. The van der Waals surface area contributed by atoms with Crippen molar-refractivity contribution in [2.45, 2.75) is 52.9 Å². The number of hydrogen-bond acceptors (Lipinski definition) is 5. The zero-order chi connectivity index (χ0) is 16.8. The Bertz CT molecular complexity index is 518. The summed E-state index contributed by atoms with van der Waals surface area (Å²) in [6.07, 6.45) is -0.590. The molecule has 7 heteroatoms. The van der Waals surface area contributed by atoms with Gasteiger partial charge in [0.05, 0.1) is 12.2 Å². The second-order valence-electron chi connectivity index (χ2n) is 5.39. The largest absolute Gasteiger partial charge is 0.462 e. The monoisotopic (exact) mass is 329 g/mol. The summed E-state index contributed by atoms with van der Waals surface area (Å²) >= 11 is 0. The van der Waals surface area contributed by atoms with E-state index in [2.05, 4.69) is 5.09 Å². The molecule has 0 aliphatic rings. The van der Waals surface area contributed by atoms with Gasteiger partial charge in [0, 0.05) is 0 Å². The summed E-state index contributed by atoms with van der Waals surface area (Å²) in [6.45, 7) is 8.51. The first-order valence-electron chi connectivity index (χ1n) is 7.23. The van der Waals surface area contributed by atoms with E-state index >= 15 is 0 Å². The third-order valence-electron chi connectivity index (χ3n) is 2.38. The van der Waals surface area contributed by atoms with Gasteiger partial charge in [0.1, 0.15) is 11.8 Å². The summed E-state index contributed by atoms with van der Waals surface area (Å²) in [7, 11) is -3.70. The molecule has 22 heavy (non-hydrogen) atoms. The Balaban J connectivity index is 2.83. The molecule has 1 rings (SSSR count). The van der Waals surface area contributed by atoms with Crippen molar-refractivity contribution in [2.75, 3.05) is 0 Å². The molecule has 6 nitrogen and oxygen atoms in total. The summed E-state index contributed by atoms with van der Waals surface area (Å²) in [4.78, 5) is 11.9. The third-order valence-corrected chi connectivity index (χ3v) is 4.23. The van der Waals surface area contributed by atoms with Gasteiger partial charge in [-0.3, -0.25) is 9.32 Å². The van der Waals surface area contributed by atoms with Crippen molar-refractivity contribution in [1.29, 1.82) is 0 Å². The van der Waals surface area contributed by atoms with E-state index in [-0.39, 0.29) is 12.2 Å². The average molecular weight is 329 g/mol. The number of carbonyl (C=O) groups is 1. The highest BCUT2D eigenvalue weighted by molar-refractivity contribution is 7.52. The number of ether oxygens (including phenoxy) is 1. The minimum absolute atomic E-state index is 0.253. The quantitative estimate of drug-likeness (QED) is 0.581. The minimum Gasteiger partial charge on any atom is -0.462 e. The van der Waals surface area contributed by atoms with Crippen LogP contribution in [0.15, 0.2) is 30.3 Å². The molecule has 2 atom stereocenters. The number of esters is 1. The predicted octanol–water partition coefficient (Wildman–Crippen LogP) is 3.53. The van der Waals surface area contributed by atoms with Gasteiger partial charge in [0.2, 0.25) is 0 Å². The van der Waals surface area contributed by atoms with Crippen LogP contribution >= 0.6 is 7.75 Å². The van der Waals surface area contributed by atoms with E-state index in [1.165, 1.54) is 0 Å². The molecule has 1 N–H and O–H groups in total. The first-order valence-corrected chi connectivity index (χ1v) is 8.77. The molecule has 1 unspecified atom stereocenters. The molecular weight excluding hydrogens is 305 g/mol. The van der Waals surface area contributed by atoms with Crippen molar-refractivity contribution >= 4 is 13.7 Å². The van der Waals surface area contributed by atoms with Crippen LogP contribution in [0.3, 0.4) is 0 Å². The molecule has 0 spiro atoms. The maximum atomic E-state index is 12.8. The Morgan fingerprint density at radius 2 is 1.64 bits per heavy atom. The highest BCUT2D eigenvalue weighted by Gasteiger charge is 2.33. The molecule has 0 aliphatic heterocycles. The predicted molar refractivity (Wildman–Crippen MR) is 84.7 cm³/mol. The fourth-order valence-corrected chi connectivity index (χ4v) is 3.29. The van der Waals surface area contributed by atoms with Gasteiger partial charge in [-0.2, -0.15) is 5.09 Å². The molecule has 1 aromatic carbocycles. The van der Waals surface area contributed by atoms with Gasteiger partial charge in [-0.15, -0.1) is 0 Å². The van der Waals surface area contributed by atoms with Gasteiger partial charge in [-0.05, 0) is 46.8 Å². The van der Waals surface area contributed by atoms with Crippen LogP contribution in [0, 0.1) is 0 Å². The molecule has 0 amide bonds. The maximum absolute atomic E-state index is 12.8. The SMILES string of the molecule is CC(C)OC(=O)[C@@H](C)NP(=O)(Oc1ccccc1)OC(C)C. The van der Waals surface area contributed by atoms with E-state index in [1.54, 1.807) is 58.9 Å². The van der Waals surface area contributed by atoms with E-state index in [9.17, 15) is 9.36 Å². The highest BCUT2D eigenvalue weighted by atomic mass is 31.2. The molecule has 124 valence electrons. The number of benzene rings is 1. The molecule has 0 aromatic heterocycles. The highest BCUT2D eigenvalue weighted by Crippen LogP contribution is 2.45. The fourth-order valence-electron chi connectivity index (χ4n) is 1.60. The second-order valence-corrected chi connectivity index (χ2v) is 7.04. The van der Waals surface area contributed by atoms with Crippen molar-refractivity contribution in [3.8, 4) is 5.75 Å². The van der Waals surface area contributed by atoms with Crippen LogP contribution in [0.25, 0.3) is 0 Å². The first kappa shape index (κ1) is 18.7. The fraction of sp³-hybridized carbons (Fsp3) is 0.533. The molecule has 0 aliphatic carbocycles. The van der Waals surface area contributed by atoms with Gasteiger partial charge in [0.25, 0.3) is 0 Å². The molecule has 1 aromatic rings. The molecule has 0 heterocycles. The molecule has 0 radical (unpaired) electrons. The Morgan fingerprint density at radius 3 is 2.14 bits per heavy atom. The minimum atomic E-state index is -3.70. The van der Waals surface area contributed by atoms with Gasteiger partial charge < -0.3 is 9.26 Å². The number of hydrogen-bond donors (Lipinski definition) is 1. The van der Waals surface area contributed by atoms with E-state index in [0.717, 1.165) is 0 Å². The summed E-state index contributed by atoms with van der Waals surface area (Å²) in [5.74, 6) is -0.123. The molecule has 0 fully saturated rings. The van der Waals surface area contributed by atoms with E-state index < -0.39 is 19.8 Å². The molecule has 0 saturated heterocycles. The van der Waals surface area contributed by atoms with E-state index in [1.807, 2.05) is 6.07 Å². The number of carbonyl (C=O) groups excluding carboxylic acids is 1. The number of para-hydroxylation sites is 1. The summed E-state index contributed by atoms with van der Waals surface area (Å²) < 4.78 is 28.7. The molecule has 0 bridgehead atoms. The van der Waals surface area contributed by atoms with E-state index in [0.29, 0.717) is 5.75 Å². The standard InChI is InChI=1S/C15H24NO5P/c1-11(2)19-15(17)13(5)16-22(18,20-12(3)4)21-14-9-7-6-8-10-14/h6-13H,1-5H3,(H,16,18)/t13-,22?/m1/s1. The van der Waals surface area contributed by atoms with Gasteiger partial charge >= 0.3 is 13.7 Å². The lowest BCUT2D eigenvalue weighted by Gasteiger charge is -2.24. The molecular formula is C15H24NO5P. The lowest BCUT2D eigenvalue weighted by molar-refractivity contribution is -0.149. The lowest BCUT2D eigenvalue weighted by Crippen LogP contribution is -2.36. The van der Waals surface area contributed by atoms with Crippen LogP contribution < -0.4 is 9.61 Å². The van der Waals surface area contributed by atoms with Crippen molar-refractivity contribution in [3.63, 3.8) is 0 Å². The van der Waals surface area contributed by atoms with Crippen molar-refractivity contribution in [1.82, 2.24) is 5.09 Å². The van der Waals surface area contributed by atoms with Crippen LogP contribution in [0.5, 0.6) is 5.75 Å². The van der Waals surface area contributed by atoms with Crippen LogP contribution in [-0.2, 0) is 18.6 Å². The smallest absolute Gasteiger partial charge is 0.459 e. The molecule has 0 saturated carbocycles. The topological polar surface area (TPSA) is 73.9 Å². The Hall–Kier alpha value is -1.36. The Kier molecular flexibility index (Phi) is 7.07. The van der Waals surface area contributed by atoms with Crippen LogP contribution in [0.2, 0.25) is 0 Å². The van der Waals surface area contributed by atoms with Gasteiger partial charge in [-0.1, -0.05) is 18.2 Å². The average Bonchev–Trinajstić information content (AvgIpc) is 2.37. The van der Waals surface area contributed by atoms with E-state index in [4.69, 9.17) is 13.8 Å². The van der Waals surface area contributed by atoms with Gasteiger partial charge in [-0.25, -0.2) is 4.57 Å². The van der Waals surface area contributed by atoms with Crippen LogP contribution in [0.4, 0.5) is 0 Å². The van der Waals surface area contributed by atoms with Crippen LogP contribution in [-0.4, -0.2) is 24.2 Å². The second kappa shape index (κ2) is 8.32. The van der Waals surface area contributed by atoms with Crippen molar-refractivity contribution in [3.05, 3.63) is 30.3 Å². The first-order chi connectivity index (χ1) is 10.2. The number of rotatable bonds is 8. The zero-order valence-electron chi connectivity index (χ0n) is 13.6. The van der Waals surface area contributed by atoms with Crippen LogP contribution in [0.1, 0.15) is 34.6 Å². The summed E-state index contributed by atoms with van der Waals surface area (Å²) in [5, 5.41) is 2.61. The van der Waals surface area contributed by atoms with Gasteiger partial charge in [0.15, 0.2) is 0 Å². The lowest BCUT2D eigenvalue weighted by atomic mass is 10.3. The van der Waals surface area contributed by atoms with Crippen molar-refractivity contribution < 1.29 is 23.1 Å². The number of nitrogens with one attached hydrogen (secondary N) is 1. The Morgan fingerprint density at radius 1 is 1.05 bits per heavy atom. The zero-order valence-corrected chi connectivity index (χ0v) is 14.5. The Labute approximate surface area is 131 Å². The third kappa shape index (κ3) is 6.60. The maximum Gasteiger partial charge on any atom is 0.459 e.